The van der Waals surface area contributed by atoms with Gasteiger partial charge in [0.25, 0.3) is 0 Å². The molecule has 3 nitrogen and oxygen atoms in total. The minimum absolute atomic E-state index is 0.0453. The number of hydrogen-bond donors (Lipinski definition) is 0. The lowest BCUT2D eigenvalue weighted by Gasteiger charge is -2.06. The Morgan fingerprint density at radius 1 is 1.47 bits per heavy atom. The van der Waals surface area contributed by atoms with Crippen molar-refractivity contribution in [1.82, 2.24) is 0 Å². The lowest BCUT2D eigenvalue weighted by Crippen LogP contribution is -2.03. The quantitative estimate of drug-likeness (QED) is 0.781. The Morgan fingerprint density at radius 2 is 2.20 bits per heavy atom. The van der Waals surface area contributed by atoms with Crippen LogP contribution in [0.2, 0.25) is 0 Å². The molecule has 5 heteroatoms. The molecule has 1 unspecified atom stereocenters. The number of sulfone groups is 1. The Kier molecular flexibility index (Phi) is 2.68. The fourth-order valence-corrected chi connectivity index (χ4v) is 4.66. The van der Waals surface area contributed by atoms with Crippen LogP contribution in [0.4, 0.5) is 0 Å². The highest BCUT2D eigenvalue weighted by atomic mass is 79.9. The number of rotatable bonds is 2. The third-order valence-electron chi connectivity index (χ3n) is 2.56. The van der Waals surface area contributed by atoms with E-state index in [1.54, 1.807) is 18.2 Å². The smallest absolute Gasteiger partial charge is 0.179 e. The van der Waals surface area contributed by atoms with Gasteiger partial charge in [0.2, 0.25) is 0 Å². The van der Waals surface area contributed by atoms with Crippen molar-refractivity contribution in [3.8, 4) is 0 Å². The molecule has 0 amide bonds. The summed E-state index contributed by atoms with van der Waals surface area (Å²) in [5.41, 5.74) is 0.754. The molecule has 1 heterocycles. The number of benzene rings is 1. The van der Waals surface area contributed by atoms with Crippen LogP contribution in [-0.4, -0.2) is 20.5 Å². The zero-order valence-corrected chi connectivity index (χ0v) is 10.2. The monoisotopic (exact) mass is 288 g/mol. The maximum Gasteiger partial charge on any atom is 0.179 e. The zero-order chi connectivity index (χ0) is 11.1. The molecule has 15 heavy (non-hydrogen) atoms. The van der Waals surface area contributed by atoms with Gasteiger partial charge in [0.1, 0.15) is 6.29 Å². The first-order valence-corrected chi connectivity index (χ1v) is 6.95. The number of carbonyl (C=O) groups excluding carboxylic acids is 1. The van der Waals surface area contributed by atoms with E-state index >= 15 is 0 Å². The number of halogens is 1. The lowest BCUT2D eigenvalue weighted by molar-refractivity contribution is -0.108. The van der Waals surface area contributed by atoms with E-state index in [1.165, 1.54) is 0 Å². The summed E-state index contributed by atoms with van der Waals surface area (Å²) in [6, 6.07) is 5.10. The van der Waals surface area contributed by atoms with Gasteiger partial charge in [-0.15, -0.1) is 0 Å². The molecule has 0 saturated heterocycles. The van der Waals surface area contributed by atoms with Gasteiger partial charge in [-0.2, -0.15) is 0 Å². The van der Waals surface area contributed by atoms with Gasteiger partial charge in [0.15, 0.2) is 9.84 Å². The van der Waals surface area contributed by atoms with Crippen molar-refractivity contribution >= 4 is 32.1 Å². The molecule has 0 fully saturated rings. The molecular formula is C10H9BrO3S. The van der Waals surface area contributed by atoms with E-state index in [2.05, 4.69) is 15.9 Å². The highest BCUT2D eigenvalue weighted by Gasteiger charge is 2.35. The van der Waals surface area contributed by atoms with Crippen LogP contribution in [0.5, 0.6) is 0 Å². The van der Waals surface area contributed by atoms with Crippen LogP contribution in [0.3, 0.4) is 0 Å². The van der Waals surface area contributed by atoms with Gasteiger partial charge in [0.05, 0.1) is 10.6 Å². The summed E-state index contributed by atoms with van der Waals surface area (Å²) in [7, 11) is -3.19. The Bertz CT molecular complexity index is 507. The first-order valence-electron chi connectivity index (χ1n) is 4.51. The second kappa shape index (κ2) is 3.72. The van der Waals surface area contributed by atoms with Crippen molar-refractivity contribution < 1.29 is 13.2 Å². The molecule has 1 aliphatic heterocycles. The van der Waals surface area contributed by atoms with Crippen molar-refractivity contribution in [2.45, 2.75) is 17.2 Å². The maximum atomic E-state index is 11.8. The minimum atomic E-state index is -3.19. The van der Waals surface area contributed by atoms with Crippen LogP contribution in [0.25, 0.3) is 0 Å². The molecule has 0 radical (unpaired) electrons. The molecule has 0 spiro atoms. The maximum absolute atomic E-state index is 11.8. The van der Waals surface area contributed by atoms with Crippen molar-refractivity contribution in [2.75, 3.05) is 5.75 Å². The zero-order valence-electron chi connectivity index (χ0n) is 7.81. The second-order valence-electron chi connectivity index (χ2n) is 3.53. The topological polar surface area (TPSA) is 51.2 Å². The standard InChI is InChI=1S/C10H9BrO3S/c11-8-2-1-3-9-10(8)7(4-5-12)6-15(9,13)14/h1-3,5,7H,4,6H2. The van der Waals surface area contributed by atoms with Crippen molar-refractivity contribution in [3.63, 3.8) is 0 Å². The molecule has 0 N–H and O–H groups in total. The van der Waals surface area contributed by atoms with Gasteiger partial charge in [-0.1, -0.05) is 22.0 Å². The molecule has 1 aromatic rings. The summed E-state index contributed by atoms with van der Waals surface area (Å²) in [4.78, 5) is 10.8. The van der Waals surface area contributed by atoms with E-state index < -0.39 is 9.84 Å². The van der Waals surface area contributed by atoms with Crippen LogP contribution in [-0.2, 0) is 14.6 Å². The van der Waals surface area contributed by atoms with Gasteiger partial charge in [-0.25, -0.2) is 8.42 Å². The predicted molar refractivity (Wildman–Crippen MR) is 59.6 cm³/mol. The molecule has 0 aliphatic carbocycles. The van der Waals surface area contributed by atoms with Gasteiger partial charge < -0.3 is 4.79 Å². The van der Waals surface area contributed by atoms with Crippen molar-refractivity contribution in [2.24, 2.45) is 0 Å². The van der Waals surface area contributed by atoms with Gasteiger partial charge >= 0.3 is 0 Å². The largest absolute Gasteiger partial charge is 0.303 e. The SMILES string of the molecule is O=CCC1CS(=O)(=O)c2cccc(Br)c21. The van der Waals surface area contributed by atoms with E-state index in [4.69, 9.17) is 0 Å². The van der Waals surface area contributed by atoms with Crippen LogP contribution in [0, 0.1) is 0 Å². The van der Waals surface area contributed by atoms with Crippen LogP contribution < -0.4 is 0 Å². The van der Waals surface area contributed by atoms with Crippen molar-refractivity contribution in [3.05, 3.63) is 28.2 Å². The summed E-state index contributed by atoms with van der Waals surface area (Å²) < 4.78 is 24.3. The molecule has 1 aliphatic rings. The van der Waals surface area contributed by atoms with E-state index in [1.807, 2.05) is 0 Å². The fraction of sp³-hybridized carbons (Fsp3) is 0.300. The molecular weight excluding hydrogens is 280 g/mol. The number of hydrogen-bond acceptors (Lipinski definition) is 3. The first-order chi connectivity index (χ1) is 7.06. The van der Waals surface area contributed by atoms with Crippen LogP contribution >= 0.6 is 15.9 Å². The average Bonchev–Trinajstić information content (AvgIpc) is 2.41. The van der Waals surface area contributed by atoms with Gasteiger partial charge in [0, 0.05) is 16.8 Å². The fourth-order valence-electron chi connectivity index (χ4n) is 1.92. The van der Waals surface area contributed by atoms with E-state index in [0.29, 0.717) is 4.90 Å². The summed E-state index contributed by atoms with van der Waals surface area (Å²) in [6.07, 6.45) is 1.03. The predicted octanol–water partition coefficient (Wildman–Crippen LogP) is 1.91. The molecule has 0 bridgehead atoms. The van der Waals surface area contributed by atoms with Crippen molar-refractivity contribution in [1.29, 1.82) is 0 Å². The second-order valence-corrected chi connectivity index (χ2v) is 6.39. The number of aldehydes is 1. The lowest BCUT2D eigenvalue weighted by atomic mass is 9.99. The Morgan fingerprint density at radius 3 is 2.87 bits per heavy atom. The molecule has 0 aromatic heterocycles. The van der Waals surface area contributed by atoms with Gasteiger partial charge in [-0.3, -0.25) is 0 Å². The van der Waals surface area contributed by atoms with E-state index in [9.17, 15) is 13.2 Å². The molecule has 1 atom stereocenters. The van der Waals surface area contributed by atoms with Crippen LogP contribution in [0.15, 0.2) is 27.6 Å². The average molecular weight is 289 g/mol. The van der Waals surface area contributed by atoms with E-state index in [-0.39, 0.29) is 18.1 Å². The van der Waals surface area contributed by atoms with Crippen LogP contribution in [0.1, 0.15) is 17.9 Å². The molecule has 1 aromatic carbocycles. The normalized spacial score (nSPS) is 22.3. The van der Waals surface area contributed by atoms with Gasteiger partial charge in [-0.05, 0) is 17.7 Å². The molecule has 2 rings (SSSR count). The Hall–Kier alpha value is -0.680. The summed E-state index contributed by atoms with van der Waals surface area (Å²) >= 11 is 3.33. The number of carbonyl (C=O) groups is 1. The third kappa shape index (κ3) is 1.74. The molecule has 0 saturated carbocycles. The highest BCUT2D eigenvalue weighted by molar-refractivity contribution is 9.10. The Labute approximate surface area is 96.5 Å². The summed E-state index contributed by atoms with van der Waals surface area (Å²) in [5.74, 6) is -0.151. The summed E-state index contributed by atoms with van der Waals surface area (Å²) in [6.45, 7) is 0. The third-order valence-corrected chi connectivity index (χ3v) is 5.12. The first kappa shape index (κ1) is 10.8. The highest BCUT2D eigenvalue weighted by Crippen LogP contribution is 2.40. The Balaban J connectivity index is 2.63. The summed E-state index contributed by atoms with van der Waals surface area (Å²) in [5, 5.41) is 0. The minimum Gasteiger partial charge on any atom is -0.303 e. The number of fused-ring (bicyclic) bond motifs is 1. The molecule has 80 valence electrons. The van der Waals surface area contributed by atoms with E-state index in [0.717, 1.165) is 16.3 Å².